The largest absolute Gasteiger partial charge is 0.481 e. The number of carboxylic acid groups (broad SMARTS) is 1. The van der Waals surface area contributed by atoms with E-state index in [2.05, 4.69) is 0 Å². The molecule has 6 heteroatoms. The molecule has 0 radical (unpaired) electrons. The van der Waals surface area contributed by atoms with Crippen molar-refractivity contribution in [3.05, 3.63) is 0 Å². The normalized spacial score (nSPS) is 12.6. The van der Waals surface area contributed by atoms with Crippen LogP contribution < -0.4 is 0 Å². The van der Waals surface area contributed by atoms with Gasteiger partial charge < -0.3 is 5.11 Å². The minimum absolute atomic E-state index is 0.0113. The van der Waals surface area contributed by atoms with Gasteiger partial charge in [-0.25, -0.2) is 8.42 Å². The second kappa shape index (κ2) is 8.53. The number of hydrogen-bond acceptors (Lipinski definition) is 3. The van der Waals surface area contributed by atoms with Gasteiger partial charge in [0.25, 0.3) is 0 Å². The second-order valence-corrected chi connectivity index (χ2v) is 7.29. The number of carbonyl (C=O) groups is 1. The van der Waals surface area contributed by atoms with Crippen molar-refractivity contribution in [3.8, 4) is 0 Å². The number of aliphatic carboxylic acids is 1. The number of hydrogen-bond donors (Lipinski definition) is 1. The smallest absolute Gasteiger partial charge is 0.303 e. The Morgan fingerprint density at radius 2 is 1.74 bits per heavy atom. The molecule has 0 saturated carbocycles. The fourth-order valence-electron chi connectivity index (χ4n) is 2.07. The lowest BCUT2D eigenvalue weighted by molar-refractivity contribution is -0.137. The Morgan fingerprint density at radius 3 is 2.11 bits per heavy atom. The lowest BCUT2D eigenvalue weighted by Crippen LogP contribution is -2.43. The molecule has 1 N–H and O–H groups in total. The third kappa shape index (κ3) is 6.92. The summed E-state index contributed by atoms with van der Waals surface area (Å²) in [7, 11) is -3.37. The predicted octanol–water partition coefficient (Wildman–Crippen LogP) is 2.33. The molecule has 0 bridgehead atoms. The maximum Gasteiger partial charge on any atom is 0.303 e. The molecule has 0 aromatic rings. The lowest BCUT2D eigenvalue weighted by atomic mass is 10.1. The van der Waals surface area contributed by atoms with Gasteiger partial charge in [0.1, 0.15) is 0 Å². The minimum Gasteiger partial charge on any atom is -0.481 e. The number of nitrogens with zero attached hydrogens (tertiary/aromatic N) is 1. The van der Waals surface area contributed by atoms with Gasteiger partial charge in [0.05, 0.1) is 5.75 Å². The highest BCUT2D eigenvalue weighted by atomic mass is 32.2. The Morgan fingerprint density at radius 1 is 1.21 bits per heavy atom. The van der Waals surface area contributed by atoms with Gasteiger partial charge in [-0.15, -0.1) is 0 Å². The summed E-state index contributed by atoms with van der Waals surface area (Å²) in [4.78, 5) is 10.5. The van der Waals surface area contributed by atoms with E-state index >= 15 is 0 Å². The average molecular weight is 293 g/mol. The monoisotopic (exact) mass is 293 g/mol. The molecule has 0 spiro atoms. The second-order valence-electron chi connectivity index (χ2n) is 5.25. The molecule has 5 nitrogen and oxygen atoms in total. The standard InChI is InChI=1S/C13H27NO4S/c1-5-12(6-2)14(10-11(3)4)19(17,18)9-7-8-13(15)16/h11-12H,5-10H2,1-4H3,(H,15,16). The number of rotatable bonds is 10. The molecule has 0 aliphatic rings. The Balaban J connectivity index is 4.85. The fourth-order valence-corrected chi connectivity index (χ4v) is 4.09. The fraction of sp³-hybridized carbons (Fsp3) is 0.923. The molecule has 19 heavy (non-hydrogen) atoms. The minimum atomic E-state index is -3.37. The van der Waals surface area contributed by atoms with Gasteiger partial charge in [-0.05, 0) is 25.2 Å². The van der Waals surface area contributed by atoms with Gasteiger partial charge in [0, 0.05) is 19.0 Å². The highest BCUT2D eigenvalue weighted by molar-refractivity contribution is 7.89. The first-order valence-corrected chi connectivity index (χ1v) is 8.56. The van der Waals surface area contributed by atoms with E-state index in [0.717, 1.165) is 12.8 Å². The summed E-state index contributed by atoms with van der Waals surface area (Å²) < 4.78 is 26.2. The zero-order valence-corrected chi connectivity index (χ0v) is 13.2. The maximum atomic E-state index is 12.3. The lowest BCUT2D eigenvalue weighted by Gasteiger charge is -2.31. The summed E-state index contributed by atoms with van der Waals surface area (Å²) in [5, 5.41) is 8.59. The Hall–Kier alpha value is -0.620. The molecule has 0 aromatic carbocycles. The van der Waals surface area contributed by atoms with Crippen molar-refractivity contribution < 1.29 is 18.3 Å². The summed E-state index contributed by atoms with van der Waals surface area (Å²) in [6.07, 6.45) is 1.63. The molecule has 0 amide bonds. The molecular formula is C13H27NO4S. The number of carboxylic acids is 1. The van der Waals surface area contributed by atoms with Crippen molar-refractivity contribution >= 4 is 16.0 Å². The topological polar surface area (TPSA) is 74.7 Å². The van der Waals surface area contributed by atoms with Crippen molar-refractivity contribution in [1.29, 1.82) is 0 Å². The van der Waals surface area contributed by atoms with E-state index in [1.165, 1.54) is 0 Å². The van der Waals surface area contributed by atoms with Crippen LogP contribution in [0.3, 0.4) is 0 Å². The van der Waals surface area contributed by atoms with Crippen LogP contribution in [-0.2, 0) is 14.8 Å². The van der Waals surface area contributed by atoms with E-state index in [1.807, 2.05) is 27.7 Å². The van der Waals surface area contributed by atoms with E-state index in [0.29, 0.717) is 6.54 Å². The van der Waals surface area contributed by atoms with Crippen LogP contribution in [0.5, 0.6) is 0 Å². The van der Waals surface area contributed by atoms with Gasteiger partial charge in [-0.1, -0.05) is 27.7 Å². The highest BCUT2D eigenvalue weighted by Crippen LogP contribution is 2.17. The van der Waals surface area contributed by atoms with Crippen molar-refractivity contribution in [2.24, 2.45) is 5.92 Å². The van der Waals surface area contributed by atoms with Gasteiger partial charge >= 0.3 is 5.97 Å². The Bertz CT molecular complexity index is 361. The van der Waals surface area contributed by atoms with Crippen LogP contribution in [0.15, 0.2) is 0 Å². The average Bonchev–Trinajstić information content (AvgIpc) is 2.28. The summed E-state index contributed by atoms with van der Waals surface area (Å²) in [6.45, 7) is 8.44. The molecule has 0 aliphatic carbocycles. The zero-order chi connectivity index (χ0) is 15.1. The van der Waals surface area contributed by atoms with E-state index < -0.39 is 16.0 Å². The molecule has 0 rings (SSSR count). The maximum absolute atomic E-state index is 12.3. The molecule has 0 fully saturated rings. The SMILES string of the molecule is CCC(CC)N(CC(C)C)S(=O)(=O)CCCC(=O)O. The summed E-state index contributed by atoms with van der Waals surface area (Å²) in [6, 6.07) is 0.0113. The van der Waals surface area contributed by atoms with E-state index in [9.17, 15) is 13.2 Å². The Labute approximate surface area is 117 Å². The molecule has 0 aromatic heterocycles. The quantitative estimate of drug-likeness (QED) is 0.671. The van der Waals surface area contributed by atoms with Gasteiger partial charge in [-0.2, -0.15) is 4.31 Å². The van der Waals surface area contributed by atoms with E-state index in [-0.39, 0.29) is 30.6 Å². The third-order valence-corrected chi connectivity index (χ3v) is 5.01. The van der Waals surface area contributed by atoms with Crippen molar-refractivity contribution in [1.82, 2.24) is 4.31 Å². The summed E-state index contributed by atoms with van der Waals surface area (Å²) >= 11 is 0. The number of sulfonamides is 1. The molecule has 0 saturated heterocycles. The third-order valence-electron chi connectivity index (χ3n) is 3.05. The van der Waals surface area contributed by atoms with Crippen LogP contribution in [0.4, 0.5) is 0 Å². The van der Waals surface area contributed by atoms with Crippen molar-refractivity contribution in [2.75, 3.05) is 12.3 Å². The van der Waals surface area contributed by atoms with Gasteiger partial charge in [0.15, 0.2) is 0 Å². The highest BCUT2D eigenvalue weighted by Gasteiger charge is 2.28. The molecule has 0 atom stereocenters. The van der Waals surface area contributed by atoms with Crippen LogP contribution in [0.1, 0.15) is 53.4 Å². The summed E-state index contributed by atoms with van der Waals surface area (Å²) in [5.74, 6) is -0.773. The van der Waals surface area contributed by atoms with E-state index in [4.69, 9.17) is 5.11 Å². The molecule has 114 valence electrons. The van der Waals surface area contributed by atoms with Gasteiger partial charge in [-0.3, -0.25) is 4.79 Å². The summed E-state index contributed by atoms with van der Waals surface area (Å²) in [5.41, 5.74) is 0. The molecular weight excluding hydrogens is 266 g/mol. The first kappa shape index (κ1) is 18.4. The predicted molar refractivity (Wildman–Crippen MR) is 76.6 cm³/mol. The van der Waals surface area contributed by atoms with Crippen LogP contribution in [0.25, 0.3) is 0 Å². The van der Waals surface area contributed by atoms with Crippen molar-refractivity contribution in [3.63, 3.8) is 0 Å². The Kier molecular flexibility index (Phi) is 8.25. The van der Waals surface area contributed by atoms with E-state index in [1.54, 1.807) is 4.31 Å². The van der Waals surface area contributed by atoms with Gasteiger partial charge in [0.2, 0.25) is 10.0 Å². The molecule has 0 aliphatic heterocycles. The van der Waals surface area contributed by atoms with Crippen LogP contribution >= 0.6 is 0 Å². The molecule has 0 unspecified atom stereocenters. The van der Waals surface area contributed by atoms with Crippen LogP contribution in [0.2, 0.25) is 0 Å². The van der Waals surface area contributed by atoms with Crippen molar-refractivity contribution in [2.45, 2.75) is 59.4 Å². The molecule has 0 heterocycles. The first-order chi connectivity index (χ1) is 8.74. The van der Waals surface area contributed by atoms with Crippen LogP contribution in [-0.4, -0.2) is 42.1 Å². The van der Waals surface area contributed by atoms with Crippen LogP contribution in [0, 0.1) is 5.92 Å². The zero-order valence-electron chi connectivity index (χ0n) is 12.4. The first-order valence-electron chi connectivity index (χ1n) is 6.95.